The fourth-order valence-electron chi connectivity index (χ4n) is 0.943. The summed E-state index contributed by atoms with van der Waals surface area (Å²) in [7, 11) is 1.67. The first-order valence-corrected chi connectivity index (χ1v) is 7.92. The number of hydrogen-bond acceptors (Lipinski definition) is 1. The maximum Gasteiger partial charge on any atom is 0.0365 e. The lowest BCUT2D eigenvalue weighted by Gasteiger charge is -2.05. The van der Waals surface area contributed by atoms with E-state index in [0.717, 1.165) is 0 Å². The van der Waals surface area contributed by atoms with Gasteiger partial charge in [-0.05, 0) is 6.17 Å². The van der Waals surface area contributed by atoms with Gasteiger partial charge in [0, 0.05) is 25.8 Å². The third kappa shape index (κ3) is 8.39. The van der Waals surface area contributed by atoms with Gasteiger partial charge in [-0.1, -0.05) is 32.4 Å². The van der Waals surface area contributed by atoms with Crippen LogP contribution < -0.4 is 5.32 Å². The lowest BCUT2D eigenvalue weighted by molar-refractivity contribution is 0.648. The second-order valence-electron chi connectivity index (χ2n) is 3.17. The van der Waals surface area contributed by atoms with Crippen LogP contribution in [0, 0.1) is 0 Å². The molecule has 1 nitrogen and oxygen atoms in total. The summed E-state index contributed by atoms with van der Waals surface area (Å²) in [6, 6.07) is 3.77. The zero-order chi connectivity index (χ0) is 7.82. The van der Waals surface area contributed by atoms with E-state index in [2.05, 4.69) is 19.2 Å². The summed E-state index contributed by atoms with van der Waals surface area (Å²) in [4.78, 5) is 0. The van der Waals surface area contributed by atoms with Crippen LogP contribution in [0.3, 0.4) is 0 Å². The highest BCUT2D eigenvalue weighted by atomic mass is 28.2. The van der Waals surface area contributed by atoms with Crippen molar-refractivity contribution in [3.8, 4) is 0 Å². The fraction of sp³-hybridized carbons (Fsp3) is 1.00. The lowest BCUT2D eigenvalue weighted by atomic mass is 10.4. The van der Waals surface area contributed by atoms with Crippen molar-refractivity contribution in [1.29, 1.82) is 0 Å². The second-order valence-corrected chi connectivity index (χ2v) is 6.08. The Balaban J connectivity index is 2.77. The van der Waals surface area contributed by atoms with E-state index in [-0.39, 0.29) is 9.52 Å². The largest absolute Gasteiger partial charge is 0.318 e. The lowest BCUT2D eigenvalue weighted by Crippen LogP contribution is -2.27. The van der Waals surface area contributed by atoms with Gasteiger partial charge in [0.15, 0.2) is 0 Å². The molecule has 0 heterocycles. The van der Waals surface area contributed by atoms with Gasteiger partial charge in [-0.25, -0.2) is 0 Å². The van der Waals surface area contributed by atoms with Gasteiger partial charge in [-0.2, -0.15) is 0 Å². The van der Waals surface area contributed by atoms with E-state index < -0.39 is 0 Å². The number of hydrogen-bond donors (Lipinski definition) is 1. The molecule has 0 aromatic heterocycles. The molecule has 1 N–H and O–H groups in total. The van der Waals surface area contributed by atoms with Gasteiger partial charge in [0.2, 0.25) is 0 Å². The molecule has 0 fully saturated rings. The molecule has 0 aromatic carbocycles. The summed E-state index contributed by atoms with van der Waals surface area (Å²) in [6.45, 7) is 4.45. The van der Waals surface area contributed by atoms with Gasteiger partial charge in [-0.3, -0.25) is 0 Å². The molecule has 0 radical (unpaired) electrons. The molecule has 0 spiro atoms. The maximum atomic E-state index is 3.48. The van der Waals surface area contributed by atoms with Crippen molar-refractivity contribution in [3.63, 3.8) is 0 Å². The molecule has 10 heavy (non-hydrogen) atoms. The summed E-state index contributed by atoms with van der Waals surface area (Å²) in [5.74, 6) is 0. The van der Waals surface area contributed by atoms with Crippen LogP contribution in [0.4, 0.5) is 0 Å². The van der Waals surface area contributed by atoms with Crippen molar-refractivity contribution in [2.24, 2.45) is 0 Å². The minimum atomic E-state index is 0.269. The van der Waals surface area contributed by atoms with Gasteiger partial charge < -0.3 is 5.32 Å². The molecule has 0 rings (SSSR count). The van der Waals surface area contributed by atoms with Gasteiger partial charge >= 0.3 is 0 Å². The van der Waals surface area contributed by atoms with Gasteiger partial charge in [0.05, 0.1) is 0 Å². The van der Waals surface area contributed by atoms with E-state index in [1.165, 1.54) is 28.9 Å². The highest BCUT2D eigenvalue weighted by Gasteiger charge is 1.91. The zero-order valence-electron chi connectivity index (χ0n) is 7.61. The topological polar surface area (TPSA) is 12.0 Å². The standard InChI is InChI=1S/C7H21NSi2/c1-7(2)8-6-10-5-3-4-9/h7-8H,3-6,10H2,1-2,9H3. The third-order valence-corrected chi connectivity index (χ3v) is 3.93. The molecular weight excluding hydrogens is 154 g/mol. The van der Waals surface area contributed by atoms with Gasteiger partial charge in [-0.15, -0.1) is 0 Å². The van der Waals surface area contributed by atoms with Crippen LogP contribution in [-0.4, -0.2) is 32.0 Å². The molecule has 0 aliphatic heterocycles. The van der Waals surface area contributed by atoms with Crippen molar-refractivity contribution < 1.29 is 0 Å². The van der Waals surface area contributed by atoms with Gasteiger partial charge in [0.1, 0.15) is 0 Å². The van der Waals surface area contributed by atoms with Crippen molar-refractivity contribution >= 4 is 19.8 Å². The SMILES string of the molecule is CC(C)NC[SiH2]CCC[SiH3]. The van der Waals surface area contributed by atoms with Crippen LogP contribution in [0.1, 0.15) is 20.3 Å². The normalized spacial score (nSPS) is 12.3. The average molecular weight is 175 g/mol. The Kier molecular flexibility index (Phi) is 7.80. The number of nitrogens with one attached hydrogen (secondary N) is 1. The molecule has 0 unspecified atom stereocenters. The quantitative estimate of drug-likeness (QED) is 0.432. The first-order valence-electron chi connectivity index (χ1n) is 4.50. The molecule has 3 heteroatoms. The molecule has 0 aliphatic carbocycles. The summed E-state index contributed by atoms with van der Waals surface area (Å²) >= 11 is 0. The number of rotatable bonds is 6. The monoisotopic (exact) mass is 175 g/mol. The average Bonchev–Trinajstić information content (AvgIpc) is 1.87. The van der Waals surface area contributed by atoms with E-state index in [1.807, 2.05) is 0 Å². The third-order valence-electron chi connectivity index (χ3n) is 1.58. The van der Waals surface area contributed by atoms with Crippen molar-refractivity contribution in [2.45, 2.75) is 38.4 Å². The summed E-state index contributed by atoms with van der Waals surface area (Å²) < 4.78 is 0. The minimum absolute atomic E-state index is 0.269. The Labute approximate surface area is 70.2 Å². The summed E-state index contributed by atoms with van der Waals surface area (Å²) in [6.07, 6.45) is 2.86. The van der Waals surface area contributed by atoms with E-state index in [0.29, 0.717) is 6.04 Å². The van der Waals surface area contributed by atoms with Crippen LogP contribution in [0.25, 0.3) is 0 Å². The summed E-state index contributed by atoms with van der Waals surface area (Å²) in [5, 5.41) is 3.48. The molecule has 0 bridgehead atoms. The van der Waals surface area contributed by atoms with E-state index in [4.69, 9.17) is 0 Å². The molecule has 0 atom stereocenters. The van der Waals surface area contributed by atoms with E-state index in [1.54, 1.807) is 6.04 Å². The van der Waals surface area contributed by atoms with Crippen LogP contribution >= 0.6 is 0 Å². The fourth-order valence-corrected chi connectivity index (χ4v) is 4.33. The molecule has 0 saturated carbocycles. The second kappa shape index (κ2) is 7.50. The molecule has 0 aromatic rings. The van der Waals surface area contributed by atoms with Crippen molar-refractivity contribution in [2.75, 3.05) is 6.17 Å². The highest BCUT2D eigenvalue weighted by molar-refractivity contribution is 6.35. The van der Waals surface area contributed by atoms with Crippen LogP contribution in [0.15, 0.2) is 0 Å². The first-order chi connectivity index (χ1) is 4.77. The van der Waals surface area contributed by atoms with Gasteiger partial charge in [0.25, 0.3) is 0 Å². The first kappa shape index (κ1) is 10.4. The minimum Gasteiger partial charge on any atom is -0.318 e. The van der Waals surface area contributed by atoms with Crippen LogP contribution in [0.5, 0.6) is 0 Å². The van der Waals surface area contributed by atoms with E-state index in [9.17, 15) is 0 Å². The molecule has 0 amide bonds. The Hall–Kier alpha value is 0.394. The van der Waals surface area contributed by atoms with Crippen molar-refractivity contribution in [3.05, 3.63) is 0 Å². The van der Waals surface area contributed by atoms with Crippen LogP contribution in [-0.2, 0) is 0 Å². The molecule has 0 saturated heterocycles. The Morgan fingerprint density at radius 2 is 2.20 bits per heavy atom. The predicted octanol–water partition coefficient (Wildman–Crippen LogP) is -0.297. The smallest absolute Gasteiger partial charge is 0.0365 e. The summed E-state index contributed by atoms with van der Waals surface area (Å²) in [5.41, 5.74) is 0. The molecular formula is C7H21NSi2. The predicted molar refractivity (Wildman–Crippen MR) is 55.9 cm³/mol. The zero-order valence-corrected chi connectivity index (χ0v) is 11.0. The maximum absolute atomic E-state index is 3.48. The Bertz CT molecular complexity index is 66.6. The Morgan fingerprint density at radius 1 is 1.50 bits per heavy atom. The van der Waals surface area contributed by atoms with Crippen molar-refractivity contribution in [1.82, 2.24) is 5.32 Å². The van der Waals surface area contributed by atoms with Crippen LogP contribution in [0.2, 0.25) is 12.1 Å². The molecule has 0 aliphatic rings. The highest BCUT2D eigenvalue weighted by Crippen LogP contribution is 1.90. The van der Waals surface area contributed by atoms with E-state index >= 15 is 0 Å². The molecule has 62 valence electrons. The Morgan fingerprint density at radius 3 is 2.70 bits per heavy atom.